The van der Waals surface area contributed by atoms with Crippen molar-refractivity contribution in [1.82, 2.24) is 9.78 Å². The fourth-order valence-corrected chi connectivity index (χ4v) is 3.78. The number of aromatic amines is 1. The van der Waals surface area contributed by atoms with E-state index in [0.29, 0.717) is 22.5 Å². The van der Waals surface area contributed by atoms with Crippen LogP contribution in [0.3, 0.4) is 0 Å². The molecule has 35 heavy (non-hydrogen) atoms. The van der Waals surface area contributed by atoms with Crippen LogP contribution in [0.2, 0.25) is 0 Å². The largest absolute Gasteiger partial charge is 0.506 e. The maximum atomic E-state index is 13.0. The Morgan fingerprint density at radius 3 is 2.20 bits per heavy atom. The van der Waals surface area contributed by atoms with Crippen molar-refractivity contribution in [3.05, 3.63) is 93.9 Å². The Balaban J connectivity index is 1.72. The lowest BCUT2D eigenvalue weighted by Gasteiger charge is -2.19. The van der Waals surface area contributed by atoms with Crippen molar-refractivity contribution in [2.75, 3.05) is 0 Å². The van der Waals surface area contributed by atoms with Crippen LogP contribution >= 0.6 is 0 Å². The molecule has 0 saturated carbocycles. The Bertz CT molecular complexity index is 1470. The minimum atomic E-state index is -1.35. The number of nitrogens with zero attached hydrogens (tertiary/aromatic N) is 3. The molecule has 0 bridgehead atoms. The van der Waals surface area contributed by atoms with Gasteiger partial charge < -0.3 is 10.2 Å². The minimum absolute atomic E-state index is 0.0159. The number of carboxylic acids is 1. The molecule has 0 spiro atoms. The number of phenols is 1. The number of azo groups is 1. The van der Waals surface area contributed by atoms with E-state index < -0.39 is 17.3 Å². The van der Waals surface area contributed by atoms with Gasteiger partial charge in [-0.15, -0.1) is 10.2 Å². The summed E-state index contributed by atoms with van der Waals surface area (Å²) in [7, 11) is 0. The van der Waals surface area contributed by atoms with Gasteiger partial charge in [0.1, 0.15) is 17.0 Å². The van der Waals surface area contributed by atoms with Gasteiger partial charge in [0.2, 0.25) is 0 Å². The number of H-pyrrole nitrogens is 1. The molecule has 0 atom stereocenters. The van der Waals surface area contributed by atoms with Gasteiger partial charge in [-0.1, -0.05) is 63.2 Å². The fraction of sp³-hybridized carbons (Fsp3) is 0.185. The molecule has 0 saturated heterocycles. The maximum Gasteiger partial charge on any atom is 0.341 e. The third-order valence-corrected chi connectivity index (χ3v) is 5.74. The Hall–Kier alpha value is -4.46. The van der Waals surface area contributed by atoms with Crippen molar-refractivity contribution in [2.45, 2.75) is 33.1 Å². The molecule has 8 heteroatoms. The lowest BCUT2D eigenvalue weighted by Crippen LogP contribution is -2.15. The second-order valence-corrected chi connectivity index (χ2v) is 9.25. The van der Waals surface area contributed by atoms with Gasteiger partial charge in [-0.2, -0.15) is 0 Å². The van der Waals surface area contributed by atoms with E-state index in [4.69, 9.17) is 0 Å². The normalized spacial score (nSPS) is 11.8. The molecule has 8 nitrogen and oxygen atoms in total. The second kappa shape index (κ2) is 9.06. The van der Waals surface area contributed by atoms with Crippen molar-refractivity contribution >= 4 is 17.3 Å². The molecule has 3 N–H and O–H groups in total. The summed E-state index contributed by atoms with van der Waals surface area (Å²) in [5.41, 5.74) is 2.44. The quantitative estimate of drug-likeness (QED) is 0.298. The second-order valence-electron chi connectivity index (χ2n) is 9.25. The monoisotopic (exact) mass is 470 g/mol. The van der Waals surface area contributed by atoms with E-state index in [9.17, 15) is 19.8 Å². The SMILES string of the molecule is Cc1[nH]n(-c2ccc(C(C)(C)C)cc2)c(=O)c1N=Nc1ccc(-c2ccccc2)c(O)c1C(=O)O. The molecule has 3 aromatic carbocycles. The standard InChI is InChI=1S/C27H26N4O4/c1-16-23(25(33)31(30-16)19-12-10-18(11-13-19)27(2,3)4)29-28-21-15-14-20(17-8-6-5-7-9-17)24(32)22(21)26(34)35/h5-15,30,32H,1-4H3,(H,34,35). The van der Waals surface area contributed by atoms with E-state index in [1.54, 1.807) is 37.3 Å². The molecular formula is C27H26N4O4. The van der Waals surface area contributed by atoms with Crippen molar-refractivity contribution in [2.24, 2.45) is 10.2 Å². The highest BCUT2D eigenvalue weighted by Gasteiger charge is 2.21. The highest BCUT2D eigenvalue weighted by molar-refractivity contribution is 5.99. The summed E-state index contributed by atoms with van der Waals surface area (Å²) in [6.07, 6.45) is 0. The molecule has 0 aliphatic heterocycles. The first-order valence-electron chi connectivity index (χ1n) is 11.1. The molecule has 4 aromatic rings. The molecule has 0 fully saturated rings. The third kappa shape index (κ3) is 4.63. The van der Waals surface area contributed by atoms with E-state index in [-0.39, 0.29) is 22.4 Å². The number of rotatable bonds is 5. The van der Waals surface area contributed by atoms with Crippen LogP contribution in [0.4, 0.5) is 11.4 Å². The Labute approximate surface area is 202 Å². The highest BCUT2D eigenvalue weighted by Crippen LogP contribution is 2.38. The summed E-state index contributed by atoms with van der Waals surface area (Å²) < 4.78 is 1.37. The zero-order valence-corrected chi connectivity index (χ0v) is 19.9. The van der Waals surface area contributed by atoms with Crippen LogP contribution in [-0.4, -0.2) is 26.0 Å². The summed E-state index contributed by atoms with van der Waals surface area (Å²) in [6.45, 7) is 8.02. The summed E-state index contributed by atoms with van der Waals surface area (Å²) in [5, 5.41) is 31.5. The molecular weight excluding hydrogens is 444 g/mol. The zero-order valence-electron chi connectivity index (χ0n) is 19.9. The summed E-state index contributed by atoms with van der Waals surface area (Å²) in [5.74, 6) is -1.77. The van der Waals surface area contributed by atoms with Crippen LogP contribution in [0.5, 0.6) is 5.75 Å². The van der Waals surface area contributed by atoms with Crippen LogP contribution in [0.25, 0.3) is 16.8 Å². The topological polar surface area (TPSA) is 120 Å². The fourth-order valence-electron chi connectivity index (χ4n) is 3.78. The minimum Gasteiger partial charge on any atom is -0.506 e. The van der Waals surface area contributed by atoms with Crippen LogP contribution in [0.1, 0.15) is 42.4 Å². The Morgan fingerprint density at radius 1 is 0.943 bits per heavy atom. The van der Waals surface area contributed by atoms with Gasteiger partial charge in [-0.25, -0.2) is 9.48 Å². The number of aryl methyl sites for hydroxylation is 1. The molecule has 0 aliphatic carbocycles. The van der Waals surface area contributed by atoms with Gasteiger partial charge in [0.05, 0.1) is 11.4 Å². The van der Waals surface area contributed by atoms with Crippen molar-refractivity contribution in [3.8, 4) is 22.6 Å². The van der Waals surface area contributed by atoms with Crippen molar-refractivity contribution < 1.29 is 15.0 Å². The van der Waals surface area contributed by atoms with E-state index >= 15 is 0 Å². The predicted octanol–water partition coefficient (Wildman–Crippen LogP) is 6.26. The van der Waals surface area contributed by atoms with E-state index in [1.165, 1.54) is 10.7 Å². The number of aromatic hydroxyl groups is 1. The van der Waals surface area contributed by atoms with Gasteiger partial charge in [0.15, 0.2) is 5.69 Å². The van der Waals surface area contributed by atoms with E-state index in [0.717, 1.165) is 5.56 Å². The van der Waals surface area contributed by atoms with Crippen LogP contribution in [0.15, 0.2) is 81.8 Å². The molecule has 0 radical (unpaired) electrons. The predicted molar refractivity (Wildman–Crippen MR) is 135 cm³/mol. The summed E-state index contributed by atoms with van der Waals surface area (Å²) >= 11 is 0. The van der Waals surface area contributed by atoms with Gasteiger partial charge in [0.25, 0.3) is 5.56 Å². The van der Waals surface area contributed by atoms with Gasteiger partial charge in [-0.05, 0) is 47.7 Å². The number of aromatic carboxylic acids is 1. The summed E-state index contributed by atoms with van der Waals surface area (Å²) in [6, 6.07) is 19.6. The smallest absolute Gasteiger partial charge is 0.341 e. The molecule has 4 rings (SSSR count). The number of aromatic nitrogens is 2. The first-order valence-corrected chi connectivity index (χ1v) is 11.1. The number of hydrogen-bond acceptors (Lipinski definition) is 5. The van der Waals surface area contributed by atoms with Gasteiger partial charge in [0, 0.05) is 5.56 Å². The molecule has 1 heterocycles. The average molecular weight is 471 g/mol. The highest BCUT2D eigenvalue weighted by atomic mass is 16.4. The van der Waals surface area contributed by atoms with Crippen LogP contribution < -0.4 is 5.56 Å². The van der Waals surface area contributed by atoms with Crippen LogP contribution in [-0.2, 0) is 5.41 Å². The lowest BCUT2D eigenvalue weighted by molar-refractivity contribution is 0.0694. The first-order chi connectivity index (χ1) is 16.6. The molecule has 178 valence electrons. The van der Waals surface area contributed by atoms with Crippen molar-refractivity contribution in [3.63, 3.8) is 0 Å². The van der Waals surface area contributed by atoms with Gasteiger partial charge >= 0.3 is 5.97 Å². The van der Waals surface area contributed by atoms with E-state index in [1.807, 2.05) is 30.3 Å². The Kier molecular flexibility index (Phi) is 6.13. The molecule has 0 unspecified atom stereocenters. The first kappa shape index (κ1) is 23.7. The number of carbonyl (C=O) groups is 1. The Morgan fingerprint density at radius 2 is 1.60 bits per heavy atom. The van der Waals surface area contributed by atoms with Crippen LogP contribution in [0, 0.1) is 6.92 Å². The molecule has 0 amide bonds. The maximum absolute atomic E-state index is 13.0. The number of hydrogen-bond donors (Lipinski definition) is 3. The third-order valence-electron chi connectivity index (χ3n) is 5.74. The molecule has 0 aliphatic rings. The average Bonchev–Trinajstić information content (AvgIpc) is 3.10. The van der Waals surface area contributed by atoms with E-state index in [2.05, 4.69) is 36.1 Å². The van der Waals surface area contributed by atoms with Crippen molar-refractivity contribution in [1.29, 1.82) is 0 Å². The molecule has 1 aromatic heterocycles. The zero-order chi connectivity index (χ0) is 25.3. The number of benzene rings is 3. The number of carboxylic acid groups (broad SMARTS) is 1. The number of nitrogens with one attached hydrogen (secondary N) is 1. The van der Waals surface area contributed by atoms with Gasteiger partial charge in [-0.3, -0.25) is 9.89 Å². The summed E-state index contributed by atoms with van der Waals surface area (Å²) in [4.78, 5) is 25.0. The lowest BCUT2D eigenvalue weighted by atomic mass is 9.87.